The fraction of sp³-hybridized carbons (Fsp3) is 0.214. The first-order chi connectivity index (χ1) is 18.5. The number of nitrogens with zero attached hydrogens (tertiary/aromatic N) is 6. The van der Waals surface area contributed by atoms with Crippen LogP contribution in [-0.2, 0) is 13.1 Å². The van der Waals surface area contributed by atoms with E-state index in [2.05, 4.69) is 0 Å². The molecule has 2 aromatic carbocycles. The highest BCUT2D eigenvalue weighted by Gasteiger charge is 2.43. The molecule has 0 fully saturated rings. The predicted molar refractivity (Wildman–Crippen MR) is 141 cm³/mol. The van der Waals surface area contributed by atoms with Gasteiger partial charge in [0, 0.05) is 0 Å². The highest BCUT2D eigenvalue weighted by Crippen LogP contribution is 2.42. The summed E-state index contributed by atoms with van der Waals surface area (Å²) in [5.74, 6) is 0. The van der Waals surface area contributed by atoms with Crippen molar-refractivity contribution in [2.24, 2.45) is 0 Å². The van der Waals surface area contributed by atoms with E-state index in [1.807, 2.05) is 37.3 Å². The van der Waals surface area contributed by atoms with Gasteiger partial charge in [-0.1, -0.05) is 54.6 Å². The molecular weight excluding hydrogens is 484 g/mol. The maximum atomic E-state index is 13.8. The van der Waals surface area contributed by atoms with Crippen LogP contribution in [0.2, 0.25) is 0 Å². The first-order valence-corrected chi connectivity index (χ1v) is 12.5. The largest absolute Gasteiger partial charge is 0.352 e. The van der Waals surface area contributed by atoms with Gasteiger partial charge in [0.25, 0.3) is 0 Å². The maximum Gasteiger partial charge on any atom is 0.352 e. The van der Waals surface area contributed by atoms with Crippen molar-refractivity contribution in [1.82, 2.24) is 27.9 Å². The number of benzene rings is 2. The third kappa shape index (κ3) is 2.94. The fourth-order valence-corrected chi connectivity index (χ4v) is 6.07. The Balaban J connectivity index is 1.51. The van der Waals surface area contributed by atoms with Gasteiger partial charge in [-0.25, -0.2) is 47.0 Å². The average molecular weight is 509 g/mol. The first-order valence-electron chi connectivity index (χ1n) is 12.5. The van der Waals surface area contributed by atoms with Crippen LogP contribution in [0.4, 0.5) is 0 Å². The highest BCUT2D eigenvalue weighted by molar-refractivity contribution is 5.42. The second-order valence-electron chi connectivity index (χ2n) is 9.80. The molecule has 0 radical (unpaired) electrons. The summed E-state index contributed by atoms with van der Waals surface area (Å²) in [7, 11) is 0. The average Bonchev–Trinajstić information content (AvgIpc) is 3.61. The predicted octanol–water partition coefficient (Wildman–Crippen LogP) is 1.93. The molecule has 7 rings (SSSR count). The zero-order valence-electron chi connectivity index (χ0n) is 20.6. The summed E-state index contributed by atoms with van der Waals surface area (Å²) in [6.07, 6.45) is 6.73. The van der Waals surface area contributed by atoms with E-state index in [0.29, 0.717) is 11.4 Å². The normalized spacial score (nSPS) is 19.8. The lowest BCUT2D eigenvalue weighted by Crippen LogP contribution is -2.47. The summed E-state index contributed by atoms with van der Waals surface area (Å²) >= 11 is 0. The van der Waals surface area contributed by atoms with E-state index in [-0.39, 0.29) is 13.1 Å². The van der Waals surface area contributed by atoms with Gasteiger partial charge in [0.1, 0.15) is 6.04 Å². The molecule has 38 heavy (non-hydrogen) atoms. The molecule has 4 aromatic rings. The molecular formula is C28H24N6O4. The Morgan fingerprint density at radius 1 is 0.711 bits per heavy atom. The van der Waals surface area contributed by atoms with Crippen LogP contribution in [0.1, 0.15) is 25.4 Å². The number of hydrogen-bond donors (Lipinski definition) is 0. The molecule has 10 nitrogen and oxygen atoms in total. The van der Waals surface area contributed by atoms with Crippen molar-refractivity contribution in [3.8, 4) is 11.4 Å². The first kappa shape index (κ1) is 22.3. The van der Waals surface area contributed by atoms with Gasteiger partial charge in [-0.05, 0) is 54.3 Å². The van der Waals surface area contributed by atoms with Crippen molar-refractivity contribution < 1.29 is 0 Å². The van der Waals surface area contributed by atoms with E-state index < -0.39 is 34.8 Å². The fourth-order valence-electron chi connectivity index (χ4n) is 6.07. The monoisotopic (exact) mass is 508 g/mol. The molecule has 2 aromatic heterocycles. The lowest BCUT2D eigenvalue weighted by Gasteiger charge is -2.39. The Kier molecular flexibility index (Phi) is 4.75. The highest BCUT2D eigenvalue weighted by atomic mass is 16.2. The Morgan fingerprint density at radius 2 is 1.29 bits per heavy atom. The molecule has 190 valence electrons. The van der Waals surface area contributed by atoms with Crippen LogP contribution in [-0.4, -0.2) is 27.9 Å². The van der Waals surface area contributed by atoms with Crippen molar-refractivity contribution >= 4 is 0 Å². The van der Waals surface area contributed by atoms with Crippen LogP contribution < -0.4 is 22.8 Å². The number of allylic oxidation sites excluding steroid dienone is 6. The summed E-state index contributed by atoms with van der Waals surface area (Å²) in [5.41, 5.74) is 1.76. The van der Waals surface area contributed by atoms with Crippen molar-refractivity contribution in [2.45, 2.75) is 38.5 Å². The van der Waals surface area contributed by atoms with Gasteiger partial charge in [-0.3, -0.25) is 0 Å². The van der Waals surface area contributed by atoms with E-state index in [0.717, 1.165) is 23.1 Å². The molecule has 4 heterocycles. The van der Waals surface area contributed by atoms with Gasteiger partial charge in [0.2, 0.25) is 0 Å². The summed E-state index contributed by atoms with van der Waals surface area (Å²) in [4.78, 5) is 54.9. The quantitative estimate of drug-likeness (QED) is 0.395. The van der Waals surface area contributed by atoms with Gasteiger partial charge >= 0.3 is 22.8 Å². The number of hydrogen-bond acceptors (Lipinski definition) is 4. The van der Waals surface area contributed by atoms with E-state index in [9.17, 15) is 19.2 Å². The second kappa shape index (κ2) is 8.07. The molecule has 2 unspecified atom stereocenters. The van der Waals surface area contributed by atoms with Gasteiger partial charge in [0.15, 0.2) is 0 Å². The molecule has 0 spiro atoms. The zero-order chi connectivity index (χ0) is 26.1. The molecule has 2 atom stereocenters. The molecule has 0 N–H and O–H groups in total. The Labute approximate surface area is 215 Å². The van der Waals surface area contributed by atoms with E-state index in [1.165, 1.54) is 27.9 Å². The SMILES string of the molecule is CC1=C2C(Cn3c(=O)n(-c4ccccc4)c(=O)n3C2C2=CCC=C2)n2c(=O)n(-c3ccccc3)c(=O)n2C1. The van der Waals surface area contributed by atoms with Crippen LogP contribution in [0.5, 0.6) is 0 Å². The summed E-state index contributed by atoms with van der Waals surface area (Å²) in [6, 6.07) is 16.4. The van der Waals surface area contributed by atoms with Gasteiger partial charge in [0.05, 0.1) is 30.5 Å². The summed E-state index contributed by atoms with van der Waals surface area (Å²) in [5, 5.41) is 0. The van der Waals surface area contributed by atoms with Gasteiger partial charge < -0.3 is 0 Å². The number of aromatic nitrogens is 6. The second-order valence-corrected chi connectivity index (χ2v) is 9.80. The summed E-state index contributed by atoms with van der Waals surface area (Å²) in [6.45, 7) is 2.19. The molecule has 0 amide bonds. The van der Waals surface area contributed by atoms with Crippen molar-refractivity contribution in [1.29, 1.82) is 0 Å². The summed E-state index contributed by atoms with van der Waals surface area (Å²) < 4.78 is 8.18. The molecule has 2 aliphatic heterocycles. The molecule has 0 bridgehead atoms. The minimum absolute atomic E-state index is 0.0478. The topological polar surface area (TPSA) is 97.9 Å². The van der Waals surface area contributed by atoms with Crippen molar-refractivity contribution in [3.63, 3.8) is 0 Å². The number of fused-ring (bicyclic) bond motifs is 4. The molecule has 3 aliphatic rings. The molecule has 0 saturated carbocycles. The van der Waals surface area contributed by atoms with Crippen molar-refractivity contribution in [2.75, 3.05) is 0 Å². The number of para-hydroxylation sites is 2. The number of rotatable bonds is 3. The third-order valence-corrected chi connectivity index (χ3v) is 7.68. The van der Waals surface area contributed by atoms with Crippen LogP contribution in [0.15, 0.2) is 115 Å². The Hall–Kier alpha value is -4.86. The Bertz CT molecular complexity index is 1940. The molecule has 1 aliphatic carbocycles. The molecule has 0 saturated heterocycles. The lowest BCUT2D eigenvalue weighted by atomic mass is 9.87. The van der Waals surface area contributed by atoms with Crippen LogP contribution in [0.25, 0.3) is 11.4 Å². The van der Waals surface area contributed by atoms with Crippen molar-refractivity contribution in [3.05, 3.63) is 138 Å². The minimum Gasteiger partial charge on any atom is -0.246 e. The van der Waals surface area contributed by atoms with E-state index in [4.69, 9.17) is 0 Å². The zero-order valence-corrected chi connectivity index (χ0v) is 20.6. The van der Waals surface area contributed by atoms with Gasteiger partial charge in [-0.15, -0.1) is 0 Å². The standard InChI is InChI=1S/C28H24N6O4/c1-18-16-29-25(35)31(20-12-4-2-5-13-20)27(37)33(29)22-17-30-26(36)32(21-14-6-3-7-15-21)28(38)34(30)24(23(18)22)19-10-8-9-11-19/h2-8,10-15,22,24H,9,16-17H2,1H3. The van der Waals surface area contributed by atoms with Crippen LogP contribution in [0, 0.1) is 0 Å². The minimum atomic E-state index is -0.613. The third-order valence-electron chi connectivity index (χ3n) is 7.68. The lowest BCUT2D eigenvalue weighted by molar-refractivity contribution is 0.240. The Morgan fingerprint density at radius 3 is 1.87 bits per heavy atom. The van der Waals surface area contributed by atoms with E-state index in [1.54, 1.807) is 48.5 Å². The molecule has 10 heteroatoms. The van der Waals surface area contributed by atoms with Crippen LogP contribution in [0.3, 0.4) is 0 Å². The van der Waals surface area contributed by atoms with Crippen LogP contribution >= 0.6 is 0 Å². The van der Waals surface area contributed by atoms with E-state index >= 15 is 0 Å². The smallest absolute Gasteiger partial charge is 0.246 e. The van der Waals surface area contributed by atoms with Gasteiger partial charge in [-0.2, -0.15) is 0 Å². The maximum absolute atomic E-state index is 13.8.